The van der Waals surface area contributed by atoms with Crippen LogP contribution in [0.5, 0.6) is 0 Å². The second-order valence-corrected chi connectivity index (χ2v) is 14.2. The summed E-state index contributed by atoms with van der Waals surface area (Å²) >= 11 is 1.78. The van der Waals surface area contributed by atoms with Crippen molar-refractivity contribution in [1.82, 2.24) is 4.98 Å². The second kappa shape index (κ2) is 11.4. The third-order valence-corrected chi connectivity index (χ3v) is 11.3. The van der Waals surface area contributed by atoms with Crippen LogP contribution in [0.3, 0.4) is 0 Å². The quantitative estimate of drug-likeness (QED) is 0.181. The van der Waals surface area contributed by atoms with Crippen LogP contribution in [0, 0.1) is 0 Å². The Bertz CT molecular complexity index is 3140. The summed E-state index contributed by atoms with van der Waals surface area (Å²) in [6.45, 7) is 0. The second-order valence-electron chi connectivity index (χ2n) is 13.2. The molecule has 0 aliphatic heterocycles. The molecule has 5 heteroatoms. The molecule has 0 N–H and O–H groups in total. The molecular weight excluding hydrogens is 657 g/mol. The van der Waals surface area contributed by atoms with Gasteiger partial charge >= 0.3 is 0 Å². The fourth-order valence-electron chi connectivity index (χ4n) is 7.59. The number of thiophene rings is 1. The summed E-state index contributed by atoms with van der Waals surface area (Å²) in [7, 11) is 0. The van der Waals surface area contributed by atoms with Crippen LogP contribution in [0.25, 0.3) is 86.6 Å². The van der Waals surface area contributed by atoms with Gasteiger partial charge in [0.15, 0.2) is 5.58 Å². The lowest BCUT2D eigenvalue weighted by Gasteiger charge is -2.26. The van der Waals surface area contributed by atoms with Gasteiger partial charge in [0.05, 0.1) is 10.4 Å². The van der Waals surface area contributed by atoms with Gasteiger partial charge in [0.2, 0.25) is 5.89 Å². The van der Waals surface area contributed by atoms with Gasteiger partial charge in [0.1, 0.15) is 16.7 Å². The Morgan fingerprint density at radius 2 is 1.21 bits per heavy atom. The van der Waals surface area contributed by atoms with Gasteiger partial charge < -0.3 is 13.7 Å². The molecule has 4 nitrogen and oxygen atoms in total. The third-order valence-electron chi connectivity index (χ3n) is 10.1. The topological polar surface area (TPSA) is 42.4 Å². The molecule has 52 heavy (non-hydrogen) atoms. The maximum atomic E-state index is 6.65. The Hall–Kier alpha value is -6.69. The monoisotopic (exact) mass is 684 g/mol. The van der Waals surface area contributed by atoms with E-state index in [9.17, 15) is 0 Å². The van der Waals surface area contributed by atoms with Gasteiger partial charge in [-0.05, 0) is 82.6 Å². The van der Waals surface area contributed by atoms with Crippen molar-refractivity contribution in [2.45, 2.75) is 0 Å². The molecule has 0 unspecified atom stereocenters. The first kappa shape index (κ1) is 29.1. The van der Waals surface area contributed by atoms with E-state index < -0.39 is 0 Å². The summed E-state index contributed by atoms with van der Waals surface area (Å²) in [6, 6.07) is 59.7. The molecule has 0 atom stereocenters. The molecule has 0 fully saturated rings. The van der Waals surface area contributed by atoms with Crippen LogP contribution in [-0.2, 0) is 0 Å². The number of oxazole rings is 1. The van der Waals surface area contributed by atoms with E-state index in [1.165, 1.54) is 21.2 Å². The van der Waals surface area contributed by atoms with Crippen molar-refractivity contribution in [1.29, 1.82) is 0 Å². The maximum Gasteiger partial charge on any atom is 0.227 e. The van der Waals surface area contributed by atoms with E-state index in [0.717, 1.165) is 76.5 Å². The number of para-hydroxylation sites is 1. The van der Waals surface area contributed by atoms with Gasteiger partial charge in [-0.3, -0.25) is 0 Å². The smallest absolute Gasteiger partial charge is 0.227 e. The lowest BCUT2D eigenvalue weighted by atomic mass is 10.0. The van der Waals surface area contributed by atoms with E-state index in [4.69, 9.17) is 13.8 Å². The van der Waals surface area contributed by atoms with Crippen molar-refractivity contribution < 1.29 is 8.83 Å². The highest BCUT2D eigenvalue weighted by Crippen LogP contribution is 2.48. The Morgan fingerprint density at radius 3 is 2.12 bits per heavy atom. The van der Waals surface area contributed by atoms with Crippen LogP contribution in [0.4, 0.5) is 17.1 Å². The Labute approximate surface area is 302 Å². The van der Waals surface area contributed by atoms with E-state index in [1.54, 1.807) is 11.3 Å². The van der Waals surface area contributed by atoms with Crippen LogP contribution >= 0.6 is 11.3 Å². The number of hydrogen-bond acceptors (Lipinski definition) is 5. The molecule has 11 aromatic rings. The van der Waals surface area contributed by atoms with Crippen molar-refractivity contribution in [2.24, 2.45) is 0 Å². The predicted octanol–water partition coefficient (Wildman–Crippen LogP) is 14.1. The SMILES string of the molecule is c1ccc(-c2ccc(N(c3ccc4c(c3)oc3ccccc34)c3cccc4c3sc3ccc5nc(-c6ccc7ccccc7c6)oc5c34)cc2)cc1. The van der Waals surface area contributed by atoms with E-state index in [1.807, 2.05) is 12.1 Å². The van der Waals surface area contributed by atoms with Crippen molar-refractivity contribution >= 4 is 92.4 Å². The highest BCUT2D eigenvalue weighted by molar-refractivity contribution is 7.26. The Kier molecular flexibility index (Phi) is 6.39. The molecule has 0 spiro atoms. The predicted molar refractivity (Wildman–Crippen MR) is 217 cm³/mol. The summed E-state index contributed by atoms with van der Waals surface area (Å²) in [4.78, 5) is 7.32. The van der Waals surface area contributed by atoms with Gasteiger partial charge in [-0.15, -0.1) is 11.3 Å². The zero-order chi connectivity index (χ0) is 34.2. The molecule has 244 valence electrons. The minimum Gasteiger partial charge on any atom is -0.456 e. The minimum atomic E-state index is 0.628. The first-order chi connectivity index (χ1) is 25.7. The van der Waals surface area contributed by atoms with Crippen LogP contribution in [0.1, 0.15) is 0 Å². The standard InChI is InChI=1S/C47H28N2O2S/c1-2-9-29(10-3-1)31-19-21-34(22-20-31)49(35-23-24-37-36-13-6-7-16-41(36)50-42(37)28-35)40-15-8-14-38-44-43(52-46(38)40)26-25-39-45(44)51-47(48-39)33-18-17-30-11-4-5-12-32(30)27-33/h1-28H. The first-order valence-corrected chi connectivity index (χ1v) is 18.2. The van der Waals surface area contributed by atoms with Crippen molar-refractivity contribution in [3.63, 3.8) is 0 Å². The normalized spacial score (nSPS) is 11.8. The summed E-state index contributed by atoms with van der Waals surface area (Å²) in [5.41, 5.74) is 9.91. The van der Waals surface area contributed by atoms with E-state index >= 15 is 0 Å². The molecule has 0 aliphatic rings. The van der Waals surface area contributed by atoms with Crippen LogP contribution in [0.15, 0.2) is 179 Å². The Morgan fingerprint density at radius 1 is 0.481 bits per heavy atom. The van der Waals surface area contributed by atoms with Crippen molar-refractivity contribution in [3.05, 3.63) is 170 Å². The first-order valence-electron chi connectivity index (χ1n) is 17.4. The fraction of sp³-hybridized carbons (Fsp3) is 0. The molecule has 0 aliphatic carbocycles. The zero-order valence-electron chi connectivity index (χ0n) is 27.8. The largest absolute Gasteiger partial charge is 0.456 e. The van der Waals surface area contributed by atoms with E-state index in [2.05, 4.69) is 163 Å². The average molecular weight is 685 g/mol. The van der Waals surface area contributed by atoms with Crippen LogP contribution < -0.4 is 4.90 Å². The molecule has 0 amide bonds. The number of fused-ring (bicyclic) bond motifs is 9. The van der Waals surface area contributed by atoms with Crippen molar-refractivity contribution in [2.75, 3.05) is 4.90 Å². The van der Waals surface area contributed by atoms with Gasteiger partial charge in [0, 0.05) is 49.2 Å². The highest BCUT2D eigenvalue weighted by atomic mass is 32.1. The number of rotatable bonds is 5. The molecule has 0 radical (unpaired) electrons. The van der Waals surface area contributed by atoms with E-state index in [-0.39, 0.29) is 0 Å². The molecular formula is C47H28N2O2S. The summed E-state index contributed by atoms with van der Waals surface area (Å²) < 4.78 is 15.4. The molecule has 0 saturated carbocycles. The van der Waals surface area contributed by atoms with Crippen LogP contribution in [-0.4, -0.2) is 4.98 Å². The molecule has 3 heterocycles. The van der Waals surface area contributed by atoms with E-state index in [0.29, 0.717) is 5.89 Å². The lowest BCUT2D eigenvalue weighted by Crippen LogP contribution is -2.10. The fourth-order valence-corrected chi connectivity index (χ4v) is 8.79. The maximum absolute atomic E-state index is 6.65. The number of aromatic nitrogens is 1. The molecule has 11 rings (SSSR count). The number of benzene rings is 8. The molecule has 0 bridgehead atoms. The highest BCUT2D eigenvalue weighted by Gasteiger charge is 2.22. The van der Waals surface area contributed by atoms with Gasteiger partial charge in [-0.25, -0.2) is 4.98 Å². The summed E-state index contributed by atoms with van der Waals surface area (Å²) in [5, 5.41) is 6.81. The zero-order valence-corrected chi connectivity index (χ0v) is 28.6. The number of nitrogens with zero attached hydrogens (tertiary/aromatic N) is 2. The summed E-state index contributed by atoms with van der Waals surface area (Å²) in [5.74, 6) is 0.628. The number of anilines is 3. The molecule has 3 aromatic heterocycles. The average Bonchev–Trinajstić information content (AvgIpc) is 3.92. The summed E-state index contributed by atoms with van der Waals surface area (Å²) in [6.07, 6.45) is 0. The van der Waals surface area contributed by atoms with Crippen LogP contribution in [0.2, 0.25) is 0 Å². The number of furan rings is 1. The molecule has 0 saturated heterocycles. The van der Waals surface area contributed by atoms with Gasteiger partial charge in [0.25, 0.3) is 0 Å². The molecule has 8 aromatic carbocycles. The van der Waals surface area contributed by atoms with Gasteiger partial charge in [-0.1, -0.05) is 103 Å². The lowest BCUT2D eigenvalue weighted by molar-refractivity contribution is 0.623. The number of hydrogen-bond donors (Lipinski definition) is 0. The third kappa shape index (κ3) is 4.57. The minimum absolute atomic E-state index is 0.628. The van der Waals surface area contributed by atoms with Gasteiger partial charge in [-0.2, -0.15) is 0 Å². The Balaban J connectivity index is 1.10. The van der Waals surface area contributed by atoms with Crippen molar-refractivity contribution in [3.8, 4) is 22.6 Å².